The number of benzene rings is 4. The number of fused-ring (bicyclic) bond motifs is 1. The summed E-state index contributed by atoms with van der Waals surface area (Å²) in [5.74, 6) is 1.61. The number of hydrogen-bond donors (Lipinski definition) is 1. The molecule has 0 unspecified atom stereocenters. The van der Waals surface area contributed by atoms with Gasteiger partial charge in [0.05, 0.1) is 19.8 Å². The van der Waals surface area contributed by atoms with Gasteiger partial charge in [0.15, 0.2) is 0 Å². The van der Waals surface area contributed by atoms with Crippen molar-refractivity contribution in [3.63, 3.8) is 0 Å². The summed E-state index contributed by atoms with van der Waals surface area (Å²) in [5.41, 5.74) is 2.12. The molecule has 0 bridgehead atoms. The van der Waals surface area contributed by atoms with Gasteiger partial charge in [-0.15, -0.1) is 0 Å². The predicted molar refractivity (Wildman–Crippen MR) is 133 cm³/mol. The van der Waals surface area contributed by atoms with Crippen LogP contribution in [-0.4, -0.2) is 13.7 Å². The maximum Gasteiger partial charge on any atom is 0.205 e. The van der Waals surface area contributed by atoms with E-state index in [2.05, 4.69) is 23.3 Å². The van der Waals surface area contributed by atoms with E-state index >= 15 is 0 Å². The summed E-state index contributed by atoms with van der Waals surface area (Å²) in [5, 5.41) is 5.21. The third-order valence-electron chi connectivity index (χ3n) is 6.18. The van der Waals surface area contributed by atoms with Gasteiger partial charge in [-0.2, -0.15) is 0 Å². The SMILES string of the molecule is COc1ccc([C@H]2COc3ccccc3[C@H]2NP(=O)(c2ccccc2)c2ccccc2)cc1. The average Bonchev–Trinajstić information content (AvgIpc) is 2.90. The molecule has 1 heterocycles. The van der Waals surface area contributed by atoms with Crippen molar-refractivity contribution in [2.24, 2.45) is 0 Å². The normalized spacial score (nSPS) is 17.6. The highest BCUT2D eigenvalue weighted by atomic mass is 31.2. The van der Waals surface area contributed by atoms with Gasteiger partial charge in [-0.05, 0) is 48.0 Å². The fourth-order valence-corrected chi connectivity index (χ4v) is 6.92. The van der Waals surface area contributed by atoms with Gasteiger partial charge in [0.1, 0.15) is 11.5 Å². The Labute approximate surface area is 194 Å². The predicted octanol–water partition coefficient (Wildman–Crippen LogP) is 5.43. The Hall–Kier alpha value is -3.33. The molecule has 0 radical (unpaired) electrons. The van der Waals surface area contributed by atoms with Crippen LogP contribution in [-0.2, 0) is 4.57 Å². The first kappa shape index (κ1) is 21.5. The van der Waals surface area contributed by atoms with Crippen molar-refractivity contribution in [1.82, 2.24) is 5.09 Å². The van der Waals surface area contributed by atoms with Crippen LogP contribution in [0.3, 0.4) is 0 Å². The van der Waals surface area contributed by atoms with Gasteiger partial charge in [0.25, 0.3) is 0 Å². The lowest BCUT2D eigenvalue weighted by Crippen LogP contribution is -2.37. The fraction of sp³-hybridized carbons (Fsp3) is 0.143. The minimum absolute atomic E-state index is 0.0217. The average molecular weight is 455 g/mol. The Morgan fingerprint density at radius 2 is 1.36 bits per heavy atom. The van der Waals surface area contributed by atoms with E-state index < -0.39 is 7.29 Å². The Kier molecular flexibility index (Phi) is 6.04. The van der Waals surface area contributed by atoms with Gasteiger partial charge >= 0.3 is 0 Å². The first-order valence-electron chi connectivity index (χ1n) is 11.0. The maximum atomic E-state index is 14.8. The monoisotopic (exact) mass is 455 g/mol. The number of ether oxygens (including phenoxy) is 2. The molecule has 0 saturated carbocycles. The fourth-order valence-electron chi connectivity index (χ4n) is 4.43. The van der Waals surface area contributed by atoms with Crippen molar-refractivity contribution in [2.45, 2.75) is 12.0 Å². The van der Waals surface area contributed by atoms with Gasteiger partial charge in [-0.1, -0.05) is 66.7 Å². The third-order valence-corrected chi connectivity index (χ3v) is 8.87. The lowest BCUT2D eigenvalue weighted by Gasteiger charge is -2.37. The molecular weight excluding hydrogens is 429 g/mol. The largest absolute Gasteiger partial charge is 0.497 e. The number of methoxy groups -OCH3 is 1. The summed E-state index contributed by atoms with van der Waals surface area (Å²) < 4.78 is 26.3. The van der Waals surface area contributed by atoms with Crippen LogP contribution in [0.2, 0.25) is 0 Å². The summed E-state index contributed by atoms with van der Waals surface area (Å²) in [7, 11) is -1.49. The first-order valence-corrected chi connectivity index (χ1v) is 12.7. The minimum atomic E-state index is -3.15. The zero-order valence-electron chi connectivity index (χ0n) is 18.4. The van der Waals surface area contributed by atoms with Gasteiger partial charge in [-0.3, -0.25) is 9.65 Å². The zero-order valence-corrected chi connectivity index (χ0v) is 19.3. The zero-order chi connectivity index (χ0) is 22.7. The number of nitrogens with one attached hydrogen (secondary N) is 1. The Balaban J connectivity index is 1.63. The molecule has 0 saturated heterocycles. The summed E-state index contributed by atoms with van der Waals surface area (Å²) in [6.45, 7) is 0.491. The molecule has 4 aromatic rings. The second-order valence-corrected chi connectivity index (χ2v) is 10.6. The quantitative estimate of drug-likeness (QED) is 0.394. The molecule has 1 N–H and O–H groups in total. The molecule has 4 nitrogen and oxygen atoms in total. The van der Waals surface area contributed by atoms with Crippen LogP contribution in [0.4, 0.5) is 0 Å². The molecule has 0 amide bonds. The second kappa shape index (κ2) is 9.27. The van der Waals surface area contributed by atoms with Gasteiger partial charge < -0.3 is 9.47 Å². The molecule has 0 fully saturated rings. The van der Waals surface area contributed by atoms with E-state index in [4.69, 9.17) is 9.47 Å². The standard InChI is InChI=1S/C28H26NO3P/c1-31-22-18-16-21(17-19-22)26-20-32-27-15-9-8-14-25(27)28(26)29-33(30,23-10-4-2-5-11-23)24-12-6-3-7-13-24/h2-19,26,28H,20H2,1H3,(H,29,30)/t26-,28-/m1/s1. The molecule has 4 aromatic carbocycles. The van der Waals surface area contributed by atoms with Crippen molar-refractivity contribution >= 4 is 17.9 Å². The van der Waals surface area contributed by atoms with Crippen molar-refractivity contribution in [3.05, 3.63) is 120 Å². The van der Waals surface area contributed by atoms with Crippen molar-refractivity contribution < 1.29 is 14.0 Å². The summed E-state index contributed by atoms with van der Waals surface area (Å²) >= 11 is 0. The summed E-state index contributed by atoms with van der Waals surface area (Å²) in [6.07, 6.45) is 0. The van der Waals surface area contributed by atoms with E-state index in [1.54, 1.807) is 7.11 Å². The van der Waals surface area contributed by atoms with E-state index in [0.717, 1.165) is 33.2 Å². The van der Waals surface area contributed by atoms with Gasteiger partial charge in [0.2, 0.25) is 7.29 Å². The van der Waals surface area contributed by atoms with Crippen LogP contribution < -0.4 is 25.2 Å². The molecule has 33 heavy (non-hydrogen) atoms. The lowest BCUT2D eigenvalue weighted by molar-refractivity contribution is 0.233. The molecule has 5 heteroatoms. The lowest BCUT2D eigenvalue weighted by atomic mass is 9.86. The first-order chi connectivity index (χ1) is 16.2. The van der Waals surface area contributed by atoms with Crippen molar-refractivity contribution in [1.29, 1.82) is 0 Å². The van der Waals surface area contributed by atoms with Crippen LogP contribution in [0.25, 0.3) is 0 Å². The minimum Gasteiger partial charge on any atom is -0.497 e. The number of hydrogen-bond acceptors (Lipinski definition) is 3. The van der Waals surface area contributed by atoms with Crippen LogP contribution in [0, 0.1) is 0 Å². The highest BCUT2D eigenvalue weighted by molar-refractivity contribution is 7.76. The van der Waals surface area contributed by atoms with Gasteiger partial charge in [0, 0.05) is 22.1 Å². The Morgan fingerprint density at radius 3 is 1.97 bits per heavy atom. The molecule has 1 aliphatic rings. The Morgan fingerprint density at radius 1 is 0.788 bits per heavy atom. The maximum absolute atomic E-state index is 14.8. The number of rotatable bonds is 6. The smallest absolute Gasteiger partial charge is 0.205 e. The van der Waals surface area contributed by atoms with E-state index in [1.165, 1.54) is 0 Å². The molecule has 166 valence electrons. The highest BCUT2D eigenvalue weighted by Gasteiger charge is 2.38. The van der Waals surface area contributed by atoms with Crippen molar-refractivity contribution in [3.8, 4) is 11.5 Å². The number of para-hydroxylation sites is 1. The van der Waals surface area contributed by atoms with Gasteiger partial charge in [-0.25, -0.2) is 0 Å². The molecular formula is C28H26NO3P. The topological polar surface area (TPSA) is 47.6 Å². The van der Waals surface area contributed by atoms with Crippen molar-refractivity contribution in [2.75, 3.05) is 13.7 Å². The van der Waals surface area contributed by atoms with E-state index in [-0.39, 0.29) is 12.0 Å². The Bertz CT molecular complexity index is 1220. The molecule has 5 rings (SSSR count). The molecule has 0 aliphatic carbocycles. The molecule has 2 atom stereocenters. The van der Waals surface area contributed by atoms with E-state index in [0.29, 0.717) is 6.61 Å². The van der Waals surface area contributed by atoms with E-state index in [1.807, 2.05) is 91.0 Å². The van der Waals surface area contributed by atoms with Crippen LogP contribution in [0.5, 0.6) is 11.5 Å². The summed E-state index contributed by atoms with van der Waals surface area (Å²) in [4.78, 5) is 0. The van der Waals surface area contributed by atoms with Crippen LogP contribution in [0.1, 0.15) is 23.1 Å². The van der Waals surface area contributed by atoms with E-state index in [9.17, 15) is 4.57 Å². The third kappa shape index (κ3) is 4.20. The van der Waals surface area contributed by atoms with Crippen LogP contribution in [0.15, 0.2) is 109 Å². The highest BCUT2D eigenvalue weighted by Crippen LogP contribution is 2.48. The molecule has 1 aliphatic heterocycles. The molecule has 0 aromatic heterocycles. The second-order valence-electron chi connectivity index (χ2n) is 8.12. The summed E-state index contributed by atoms with van der Waals surface area (Å²) in [6, 6.07) is 35.2. The van der Waals surface area contributed by atoms with Crippen LogP contribution >= 0.6 is 7.29 Å². The molecule has 0 spiro atoms.